The zero-order valence-electron chi connectivity index (χ0n) is 12.8. The van der Waals surface area contributed by atoms with Gasteiger partial charge in [0.1, 0.15) is 5.76 Å². The predicted octanol–water partition coefficient (Wildman–Crippen LogP) is 3.96. The van der Waals surface area contributed by atoms with Gasteiger partial charge in [-0.25, -0.2) is 0 Å². The largest absolute Gasteiger partial charge is 0.510 e. The Labute approximate surface area is 130 Å². The number of carbonyl (C=O) groups excluding carboxylic acids is 1. The Morgan fingerprint density at radius 3 is 2.32 bits per heavy atom. The minimum absolute atomic E-state index is 0.0824. The van der Waals surface area contributed by atoms with Crippen LogP contribution in [0.15, 0.2) is 65.9 Å². The maximum Gasteiger partial charge on any atom is 0.161 e. The first-order chi connectivity index (χ1) is 10.6. The predicted molar refractivity (Wildman–Crippen MR) is 88.0 cm³/mol. The number of carbonyl (C=O) groups is 1. The Hall–Kier alpha value is -2.55. The Kier molecular flexibility index (Phi) is 3.72. The van der Waals surface area contributed by atoms with Crippen LogP contribution in [0, 0.1) is 6.92 Å². The number of anilines is 1. The summed E-state index contributed by atoms with van der Waals surface area (Å²) in [5, 5.41) is 10.3. The third kappa shape index (κ3) is 2.50. The van der Waals surface area contributed by atoms with Gasteiger partial charge >= 0.3 is 0 Å². The summed E-state index contributed by atoms with van der Waals surface area (Å²) in [6.45, 7) is 3.91. The van der Waals surface area contributed by atoms with Crippen LogP contribution in [0.4, 0.5) is 5.69 Å². The van der Waals surface area contributed by atoms with Gasteiger partial charge in [0.25, 0.3) is 0 Å². The summed E-state index contributed by atoms with van der Waals surface area (Å²) in [7, 11) is 0. The fourth-order valence-corrected chi connectivity index (χ4v) is 3.01. The topological polar surface area (TPSA) is 40.5 Å². The van der Waals surface area contributed by atoms with Gasteiger partial charge in [0.2, 0.25) is 0 Å². The molecule has 0 radical (unpaired) electrons. The molecule has 2 aromatic carbocycles. The smallest absolute Gasteiger partial charge is 0.161 e. The molecule has 1 N–H and O–H groups in total. The van der Waals surface area contributed by atoms with E-state index in [0.717, 1.165) is 11.3 Å². The van der Waals surface area contributed by atoms with Gasteiger partial charge in [0.05, 0.1) is 18.2 Å². The van der Waals surface area contributed by atoms with Crippen molar-refractivity contribution in [3.8, 4) is 0 Å². The van der Waals surface area contributed by atoms with E-state index in [4.69, 9.17) is 0 Å². The second kappa shape index (κ2) is 5.68. The van der Waals surface area contributed by atoms with Crippen LogP contribution in [0.1, 0.15) is 24.1 Å². The number of benzene rings is 2. The van der Waals surface area contributed by atoms with Gasteiger partial charge in [0.15, 0.2) is 5.78 Å². The lowest BCUT2D eigenvalue weighted by atomic mass is 9.96. The number of ketones is 1. The van der Waals surface area contributed by atoms with E-state index < -0.39 is 0 Å². The van der Waals surface area contributed by atoms with Crippen molar-refractivity contribution in [1.29, 1.82) is 0 Å². The summed E-state index contributed by atoms with van der Waals surface area (Å²) in [5.41, 5.74) is 3.69. The van der Waals surface area contributed by atoms with E-state index in [1.54, 1.807) is 0 Å². The Balaban J connectivity index is 2.08. The van der Waals surface area contributed by atoms with E-state index in [1.165, 1.54) is 12.5 Å². The average Bonchev–Trinajstić information content (AvgIpc) is 2.86. The van der Waals surface area contributed by atoms with Gasteiger partial charge < -0.3 is 10.0 Å². The van der Waals surface area contributed by atoms with E-state index in [1.807, 2.05) is 61.5 Å². The molecule has 0 aromatic heterocycles. The van der Waals surface area contributed by atoms with Crippen LogP contribution in [-0.2, 0) is 4.79 Å². The first kappa shape index (κ1) is 14.4. The van der Waals surface area contributed by atoms with E-state index in [-0.39, 0.29) is 17.6 Å². The van der Waals surface area contributed by atoms with Crippen molar-refractivity contribution in [2.45, 2.75) is 19.9 Å². The standard InChI is InChI=1S/C19H19NO2/c1-13-8-10-16(11-9-13)20-12-17(22)18(14(2)21)19(20)15-6-4-3-5-7-15/h3-11,19,22H,12H2,1-2H3. The number of aliphatic hydroxyl groups excluding tert-OH is 1. The van der Waals surface area contributed by atoms with Crippen molar-refractivity contribution < 1.29 is 9.90 Å². The number of hydrogen-bond acceptors (Lipinski definition) is 3. The quantitative estimate of drug-likeness (QED) is 0.931. The highest BCUT2D eigenvalue weighted by Gasteiger charge is 2.36. The molecule has 0 saturated heterocycles. The first-order valence-corrected chi connectivity index (χ1v) is 7.39. The molecule has 0 saturated carbocycles. The molecule has 3 nitrogen and oxygen atoms in total. The van der Waals surface area contributed by atoms with Crippen molar-refractivity contribution in [3.63, 3.8) is 0 Å². The number of Topliss-reactive ketones (excluding diaryl/α,β-unsaturated/α-hetero) is 1. The lowest BCUT2D eigenvalue weighted by molar-refractivity contribution is -0.113. The monoisotopic (exact) mass is 293 g/mol. The molecule has 112 valence electrons. The maximum absolute atomic E-state index is 12.0. The minimum Gasteiger partial charge on any atom is -0.510 e. The molecule has 22 heavy (non-hydrogen) atoms. The fraction of sp³-hybridized carbons (Fsp3) is 0.211. The highest BCUT2D eigenvalue weighted by atomic mass is 16.3. The van der Waals surface area contributed by atoms with E-state index in [0.29, 0.717) is 12.1 Å². The summed E-state index contributed by atoms with van der Waals surface area (Å²) in [4.78, 5) is 14.1. The molecule has 1 heterocycles. The van der Waals surface area contributed by atoms with Crippen molar-refractivity contribution in [1.82, 2.24) is 0 Å². The molecule has 0 aliphatic carbocycles. The van der Waals surface area contributed by atoms with Gasteiger partial charge in [0, 0.05) is 5.69 Å². The highest BCUT2D eigenvalue weighted by Crippen LogP contribution is 2.39. The van der Waals surface area contributed by atoms with Crippen LogP contribution in [0.25, 0.3) is 0 Å². The number of nitrogens with zero attached hydrogens (tertiary/aromatic N) is 1. The zero-order valence-corrected chi connectivity index (χ0v) is 12.8. The van der Waals surface area contributed by atoms with Crippen molar-refractivity contribution in [2.24, 2.45) is 0 Å². The second-order valence-corrected chi connectivity index (χ2v) is 5.69. The molecule has 3 rings (SSSR count). The summed E-state index contributed by atoms with van der Waals surface area (Å²) >= 11 is 0. The molecule has 1 atom stereocenters. The number of aryl methyl sites for hydroxylation is 1. The molecule has 0 fully saturated rings. The SMILES string of the molecule is CC(=O)C1=C(O)CN(c2ccc(C)cc2)C1c1ccccc1. The summed E-state index contributed by atoms with van der Waals surface area (Å²) in [5.74, 6) is 0.0860. The Bertz CT molecular complexity index is 717. The minimum atomic E-state index is -0.235. The van der Waals surface area contributed by atoms with Crippen LogP contribution in [0.5, 0.6) is 0 Å². The Morgan fingerprint density at radius 1 is 1.09 bits per heavy atom. The van der Waals surface area contributed by atoms with Crippen LogP contribution in [0.3, 0.4) is 0 Å². The maximum atomic E-state index is 12.0. The highest BCUT2D eigenvalue weighted by molar-refractivity contribution is 5.97. The van der Waals surface area contributed by atoms with E-state index in [2.05, 4.69) is 4.90 Å². The average molecular weight is 293 g/mol. The molecule has 1 aliphatic rings. The molecule has 1 unspecified atom stereocenters. The lowest BCUT2D eigenvalue weighted by Crippen LogP contribution is -2.26. The third-order valence-corrected chi connectivity index (χ3v) is 4.08. The van der Waals surface area contributed by atoms with E-state index >= 15 is 0 Å². The molecule has 3 heteroatoms. The molecule has 0 amide bonds. The summed E-state index contributed by atoms with van der Waals surface area (Å²) < 4.78 is 0. The molecule has 2 aromatic rings. The number of hydrogen-bond donors (Lipinski definition) is 1. The summed E-state index contributed by atoms with van der Waals surface area (Å²) in [6.07, 6.45) is 0. The molecule has 1 aliphatic heterocycles. The van der Waals surface area contributed by atoms with Gasteiger partial charge in [-0.1, -0.05) is 48.0 Å². The zero-order chi connectivity index (χ0) is 15.7. The molecular weight excluding hydrogens is 274 g/mol. The van der Waals surface area contributed by atoms with Gasteiger partial charge in [-0.2, -0.15) is 0 Å². The van der Waals surface area contributed by atoms with Crippen molar-refractivity contribution in [2.75, 3.05) is 11.4 Å². The normalized spacial score (nSPS) is 17.9. The van der Waals surface area contributed by atoms with Crippen molar-refractivity contribution in [3.05, 3.63) is 77.1 Å². The fourth-order valence-electron chi connectivity index (χ4n) is 3.01. The summed E-state index contributed by atoms with van der Waals surface area (Å²) in [6, 6.07) is 17.8. The molecular formula is C19H19NO2. The van der Waals surface area contributed by atoms with Gasteiger partial charge in [-0.15, -0.1) is 0 Å². The first-order valence-electron chi connectivity index (χ1n) is 7.39. The van der Waals surface area contributed by atoms with Crippen LogP contribution in [0.2, 0.25) is 0 Å². The lowest BCUT2D eigenvalue weighted by Gasteiger charge is -2.28. The Morgan fingerprint density at radius 2 is 1.73 bits per heavy atom. The number of rotatable bonds is 3. The second-order valence-electron chi connectivity index (χ2n) is 5.69. The molecule has 0 bridgehead atoms. The van der Waals surface area contributed by atoms with E-state index in [9.17, 15) is 9.90 Å². The third-order valence-electron chi connectivity index (χ3n) is 4.08. The van der Waals surface area contributed by atoms with Gasteiger partial charge in [-0.05, 0) is 31.5 Å². The number of aliphatic hydroxyl groups is 1. The van der Waals surface area contributed by atoms with Gasteiger partial charge in [-0.3, -0.25) is 4.79 Å². The van der Waals surface area contributed by atoms with Crippen LogP contribution >= 0.6 is 0 Å². The van der Waals surface area contributed by atoms with Crippen molar-refractivity contribution >= 4 is 11.5 Å². The van der Waals surface area contributed by atoms with Crippen LogP contribution in [-0.4, -0.2) is 17.4 Å². The van der Waals surface area contributed by atoms with Crippen LogP contribution < -0.4 is 4.90 Å². The molecule has 0 spiro atoms.